The van der Waals surface area contributed by atoms with Crippen molar-refractivity contribution in [2.75, 3.05) is 19.8 Å². The molecule has 0 aromatic rings. The molecule has 2 saturated heterocycles. The molecule has 1 amide bonds. The van der Waals surface area contributed by atoms with Crippen molar-refractivity contribution < 1.29 is 19.4 Å². The minimum absolute atomic E-state index is 0.0135. The number of hydrogen-bond donors (Lipinski definition) is 2. The quantitative estimate of drug-likeness (QED) is 0.777. The Balaban J connectivity index is 1.76. The molecule has 98 valence electrons. The van der Waals surface area contributed by atoms with Crippen LogP contribution < -0.4 is 5.32 Å². The van der Waals surface area contributed by atoms with Gasteiger partial charge in [0, 0.05) is 12.0 Å². The predicted molar refractivity (Wildman–Crippen MR) is 61.7 cm³/mol. The fourth-order valence-electron chi connectivity index (χ4n) is 2.73. The molecule has 0 aromatic heterocycles. The van der Waals surface area contributed by atoms with Crippen LogP contribution >= 0.6 is 0 Å². The van der Waals surface area contributed by atoms with Crippen LogP contribution in [0.3, 0.4) is 0 Å². The summed E-state index contributed by atoms with van der Waals surface area (Å²) in [7, 11) is 0. The van der Waals surface area contributed by atoms with Gasteiger partial charge in [-0.1, -0.05) is 0 Å². The molecular formula is C12H21NO4. The highest BCUT2D eigenvalue weighted by atomic mass is 16.6. The van der Waals surface area contributed by atoms with E-state index in [0.717, 1.165) is 12.8 Å². The average Bonchev–Trinajstić information content (AvgIpc) is 2.67. The number of rotatable bonds is 3. The van der Waals surface area contributed by atoms with Gasteiger partial charge in [0.05, 0.1) is 18.8 Å². The summed E-state index contributed by atoms with van der Waals surface area (Å²) in [5.74, 6) is 0. The molecule has 3 aliphatic rings. The average molecular weight is 243 g/mol. The van der Waals surface area contributed by atoms with Crippen molar-refractivity contribution in [2.45, 2.75) is 44.8 Å². The second kappa shape index (κ2) is 3.85. The zero-order valence-corrected chi connectivity index (χ0v) is 10.7. The number of carbonyl (C=O) groups is 1. The van der Waals surface area contributed by atoms with Crippen molar-refractivity contribution in [2.24, 2.45) is 5.41 Å². The number of ether oxygens (including phenoxy) is 2. The van der Waals surface area contributed by atoms with E-state index in [2.05, 4.69) is 5.32 Å². The number of fused-ring (bicyclic) bond motifs is 1. The maximum Gasteiger partial charge on any atom is 0.407 e. The van der Waals surface area contributed by atoms with Crippen molar-refractivity contribution >= 4 is 6.09 Å². The molecule has 2 heterocycles. The van der Waals surface area contributed by atoms with E-state index in [9.17, 15) is 9.90 Å². The number of carbonyl (C=O) groups excluding carboxylic acids is 1. The third-order valence-corrected chi connectivity index (χ3v) is 3.37. The van der Waals surface area contributed by atoms with Crippen molar-refractivity contribution in [1.29, 1.82) is 0 Å². The van der Waals surface area contributed by atoms with Crippen molar-refractivity contribution in [3.05, 3.63) is 0 Å². The fraction of sp³-hybridized carbons (Fsp3) is 0.917. The second-order valence-corrected chi connectivity index (χ2v) is 6.34. The lowest BCUT2D eigenvalue weighted by Crippen LogP contribution is -2.52. The maximum atomic E-state index is 11.5. The summed E-state index contributed by atoms with van der Waals surface area (Å²) in [6, 6.07) is 0. The van der Waals surface area contributed by atoms with Crippen LogP contribution in [0.1, 0.15) is 33.6 Å². The molecule has 5 heteroatoms. The first-order valence-electron chi connectivity index (χ1n) is 6.00. The molecular weight excluding hydrogens is 222 g/mol. The first-order valence-corrected chi connectivity index (χ1v) is 6.00. The standard InChI is InChI=1S/C12H21NO4/c1-10(2,3)17-9(15)13-6-11-4-12(5-11,7-14)16-8-11/h14H,4-8H2,1-3H3,(H,13,15). The second-order valence-electron chi connectivity index (χ2n) is 6.34. The summed E-state index contributed by atoms with van der Waals surface area (Å²) in [5, 5.41) is 11.9. The number of nitrogens with one attached hydrogen (secondary N) is 1. The Hall–Kier alpha value is -0.810. The van der Waals surface area contributed by atoms with Crippen LogP contribution in [0.5, 0.6) is 0 Å². The molecule has 0 aromatic carbocycles. The molecule has 2 bridgehead atoms. The first-order chi connectivity index (χ1) is 7.78. The van der Waals surface area contributed by atoms with Gasteiger partial charge in [-0.15, -0.1) is 0 Å². The fourth-order valence-corrected chi connectivity index (χ4v) is 2.73. The Morgan fingerprint density at radius 3 is 2.59 bits per heavy atom. The Kier molecular flexibility index (Phi) is 2.86. The van der Waals surface area contributed by atoms with Crippen LogP contribution in [-0.2, 0) is 9.47 Å². The summed E-state index contributed by atoms with van der Waals surface area (Å²) in [4.78, 5) is 11.5. The third-order valence-electron chi connectivity index (χ3n) is 3.37. The number of alkyl carbamates (subject to hydrolysis) is 1. The minimum Gasteiger partial charge on any atom is -0.444 e. The zero-order valence-electron chi connectivity index (χ0n) is 10.7. The van der Waals surface area contributed by atoms with Crippen LogP contribution in [-0.4, -0.2) is 42.2 Å². The normalized spacial score (nSPS) is 35.3. The van der Waals surface area contributed by atoms with Gasteiger partial charge in [0.2, 0.25) is 0 Å². The molecule has 3 rings (SSSR count). The smallest absolute Gasteiger partial charge is 0.407 e. The molecule has 0 unspecified atom stereocenters. The third kappa shape index (κ3) is 2.55. The van der Waals surface area contributed by atoms with Crippen molar-refractivity contribution in [1.82, 2.24) is 5.32 Å². The zero-order chi connectivity index (χ0) is 12.7. The first kappa shape index (κ1) is 12.6. The van der Waals surface area contributed by atoms with Gasteiger partial charge in [-0.25, -0.2) is 4.79 Å². The number of amides is 1. The van der Waals surface area contributed by atoms with Crippen LogP contribution in [0.15, 0.2) is 0 Å². The molecule has 1 saturated carbocycles. The van der Waals surface area contributed by atoms with Crippen LogP contribution in [0.25, 0.3) is 0 Å². The molecule has 0 spiro atoms. The predicted octanol–water partition coefficient (Wildman–Crippen LogP) is 1.05. The highest BCUT2D eigenvalue weighted by Crippen LogP contribution is 2.57. The monoisotopic (exact) mass is 243 g/mol. The Bertz CT molecular complexity index is 315. The van der Waals surface area contributed by atoms with Gasteiger partial charge in [-0.2, -0.15) is 0 Å². The summed E-state index contributed by atoms with van der Waals surface area (Å²) in [6.45, 7) is 6.76. The lowest BCUT2D eigenvalue weighted by atomic mass is 9.63. The number of aliphatic hydroxyl groups is 1. The van der Waals surface area contributed by atoms with E-state index < -0.39 is 5.60 Å². The molecule has 2 aliphatic heterocycles. The topological polar surface area (TPSA) is 67.8 Å². The minimum atomic E-state index is -0.470. The van der Waals surface area contributed by atoms with Gasteiger partial charge in [0.1, 0.15) is 5.60 Å². The summed E-state index contributed by atoms with van der Waals surface area (Å²) >= 11 is 0. The highest BCUT2D eigenvalue weighted by molar-refractivity contribution is 5.67. The van der Waals surface area contributed by atoms with E-state index in [1.54, 1.807) is 0 Å². The molecule has 17 heavy (non-hydrogen) atoms. The maximum absolute atomic E-state index is 11.5. The molecule has 0 radical (unpaired) electrons. The summed E-state index contributed by atoms with van der Waals surface area (Å²) in [5.41, 5.74) is -0.780. The van der Waals surface area contributed by atoms with Crippen molar-refractivity contribution in [3.63, 3.8) is 0 Å². The molecule has 5 nitrogen and oxygen atoms in total. The van der Waals surface area contributed by atoms with Crippen LogP contribution in [0.4, 0.5) is 4.79 Å². The van der Waals surface area contributed by atoms with E-state index >= 15 is 0 Å². The largest absolute Gasteiger partial charge is 0.444 e. The highest BCUT2D eigenvalue weighted by Gasteiger charge is 2.62. The molecule has 1 aliphatic carbocycles. The Morgan fingerprint density at radius 2 is 2.12 bits per heavy atom. The van der Waals surface area contributed by atoms with Crippen molar-refractivity contribution in [3.8, 4) is 0 Å². The lowest BCUT2D eigenvalue weighted by Gasteiger charge is -2.43. The van der Waals surface area contributed by atoms with Gasteiger partial charge in [0.25, 0.3) is 0 Å². The van der Waals surface area contributed by atoms with Gasteiger partial charge < -0.3 is 19.9 Å². The van der Waals surface area contributed by atoms with Crippen LogP contribution in [0.2, 0.25) is 0 Å². The number of hydrogen-bond acceptors (Lipinski definition) is 4. The molecule has 2 N–H and O–H groups in total. The number of aliphatic hydroxyl groups excluding tert-OH is 1. The van der Waals surface area contributed by atoms with Gasteiger partial charge >= 0.3 is 6.09 Å². The van der Waals surface area contributed by atoms with E-state index in [4.69, 9.17) is 9.47 Å². The summed E-state index contributed by atoms with van der Waals surface area (Å²) < 4.78 is 10.7. The molecule has 3 fully saturated rings. The van der Waals surface area contributed by atoms with E-state index in [-0.39, 0.29) is 23.7 Å². The van der Waals surface area contributed by atoms with Gasteiger partial charge in [-0.05, 0) is 33.6 Å². The lowest BCUT2D eigenvalue weighted by molar-refractivity contribution is -0.0578. The van der Waals surface area contributed by atoms with Gasteiger partial charge in [0.15, 0.2) is 0 Å². The molecule has 0 atom stereocenters. The van der Waals surface area contributed by atoms with E-state index in [0.29, 0.717) is 13.2 Å². The van der Waals surface area contributed by atoms with E-state index in [1.165, 1.54) is 0 Å². The van der Waals surface area contributed by atoms with E-state index in [1.807, 2.05) is 20.8 Å². The van der Waals surface area contributed by atoms with Gasteiger partial charge in [-0.3, -0.25) is 0 Å². The Labute approximate surface area is 101 Å². The van der Waals surface area contributed by atoms with Crippen LogP contribution in [0, 0.1) is 5.41 Å². The Morgan fingerprint density at radius 1 is 1.47 bits per heavy atom. The summed E-state index contributed by atoms with van der Waals surface area (Å²) in [6.07, 6.45) is 1.26. The SMILES string of the molecule is CC(C)(C)OC(=O)NCC12COC(CO)(C1)C2.